The Balaban J connectivity index is 2.27. The van der Waals surface area contributed by atoms with E-state index in [1.54, 1.807) is 12.3 Å². The van der Waals surface area contributed by atoms with E-state index >= 15 is 0 Å². The minimum absolute atomic E-state index is 0.0507. The number of aryl methyl sites for hydroxylation is 2. The van der Waals surface area contributed by atoms with Crippen LogP contribution in [0.25, 0.3) is 16.8 Å². The third-order valence-corrected chi connectivity index (χ3v) is 3.52. The van der Waals surface area contributed by atoms with Crippen molar-refractivity contribution in [2.45, 2.75) is 13.8 Å². The Hall–Kier alpha value is -2.89. The second kappa shape index (κ2) is 4.59. The van der Waals surface area contributed by atoms with Crippen LogP contribution in [-0.4, -0.2) is 25.7 Å². The molecule has 6 nitrogen and oxygen atoms in total. The molecule has 21 heavy (non-hydrogen) atoms. The average molecular weight is 282 g/mol. The SMILES string of the molecule is Cc1ccc(-c2cc(C(=O)O)c3nc(N)nn3c2)cc1C. The molecule has 0 fully saturated rings. The highest BCUT2D eigenvalue weighted by atomic mass is 16.4. The number of carboxylic acids is 1. The minimum Gasteiger partial charge on any atom is -0.478 e. The number of pyridine rings is 1. The van der Waals surface area contributed by atoms with Crippen molar-refractivity contribution in [3.05, 3.63) is 47.2 Å². The zero-order valence-corrected chi connectivity index (χ0v) is 11.7. The van der Waals surface area contributed by atoms with Crippen LogP contribution in [0, 0.1) is 13.8 Å². The molecule has 106 valence electrons. The zero-order chi connectivity index (χ0) is 15.1. The van der Waals surface area contributed by atoms with E-state index in [2.05, 4.69) is 10.1 Å². The number of carbonyl (C=O) groups is 1. The van der Waals surface area contributed by atoms with Gasteiger partial charge in [-0.1, -0.05) is 18.2 Å². The molecule has 0 saturated carbocycles. The van der Waals surface area contributed by atoms with Gasteiger partial charge in [0.25, 0.3) is 0 Å². The Bertz CT molecular complexity index is 867. The standard InChI is InChI=1S/C15H14N4O2/c1-8-3-4-10(5-9(8)2)11-6-12(14(20)21)13-17-15(16)18-19(13)7-11/h3-7H,1-2H3,(H2,16,18)(H,20,21). The number of aromatic carboxylic acids is 1. The fourth-order valence-electron chi connectivity index (χ4n) is 2.24. The molecule has 3 N–H and O–H groups in total. The first-order chi connectivity index (χ1) is 9.95. The quantitative estimate of drug-likeness (QED) is 0.752. The number of hydrogen-bond donors (Lipinski definition) is 2. The molecule has 0 bridgehead atoms. The number of rotatable bonds is 2. The molecule has 0 aliphatic carbocycles. The van der Waals surface area contributed by atoms with E-state index in [-0.39, 0.29) is 17.2 Å². The fourth-order valence-corrected chi connectivity index (χ4v) is 2.24. The van der Waals surface area contributed by atoms with Gasteiger partial charge in [-0.2, -0.15) is 4.98 Å². The summed E-state index contributed by atoms with van der Waals surface area (Å²) in [5, 5.41) is 13.3. The summed E-state index contributed by atoms with van der Waals surface area (Å²) in [6, 6.07) is 7.57. The Kier molecular flexibility index (Phi) is 2.86. The van der Waals surface area contributed by atoms with Crippen molar-refractivity contribution >= 4 is 17.6 Å². The van der Waals surface area contributed by atoms with Crippen molar-refractivity contribution in [1.29, 1.82) is 0 Å². The van der Waals surface area contributed by atoms with Gasteiger partial charge in [0, 0.05) is 11.8 Å². The van der Waals surface area contributed by atoms with Gasteiger partial charge in [0.1, 0.15) is 5.56 Å². The van der Waals surface area contributed by atoms with Crippen LogP contribution >= 0.6 is 0 Å². The maximum absolute atomic E-state index is 11.4. The van der Waals surface area contributed by atoms with Gasteiger partial charge in [-0.15, -0.1) is 5.10 Å². The Morgan fingerprint density at radius 3 is 2.62 bits per heavy atom. The molecule has 0 unspecified atom stereocenters. The third kappa shape index (κ3) is 2.20. The van der Waals surface area contributed by atoms with Gasteiger partial charge in [0.05, 0.1) is 0 Å². The Morgan fingerprint density at radius 1 is 1.19 bits per heavy atom. The lowest BCUT2D eigenvalue weighted by Crippen LogP contribution is -2.02. The predicted octanol–water partition coefficient (Wildman–Crippen LogP) is 2.29. The molecule has 2 heterocycles. The molecule has 6 heteroatoms. The molecule has 0 saturated heterocycles. The van der Waals surface area contributed by atoms with Crippen LogP contribution in [0.2, 0.25) is 0 Å². The Morgan fingerprint density at radius 2 is 1.95 bits per heavy atom. The number of benzene rings is 1. The summed E-state index contributed by atoms with van der Waals surface area (Å²) in [6.07, 6.45) is 1.73. The number of fused-ring (bicyclic) bond motifs is 1. The zero-order valence-electron chi connectivity index (χ0n) is 11.7. The first-order valence-electron chi connectivity index (χ1n) is 6.42. The van der Waals surface area contributed by atoms with Gasteiger partial charge < -0.3 is 10.8 Å². The lowest BCUT2D eigenvalue weighted by Gasteiger charge is -2.07. The molecular weight excluding hydrogens is 268 g/mol. The average Bonchev–Trinajstić information content (AvgIpc) is 2.80. The maximum Gasteiger partial charge on any atom is 0.339 e. The highest BCUT2D eigenvalue weighted by Crippen LogP contribution is 2.25. The fraction of sp³-hybridized carbons (Fsp3) is 0.133. The minimum atomic E-state index is -1.06. The van der Waals surface area contributed by atoms with Gasteiger partial charge in [-0.05, 0) is 36.6 Å². The number of carboxylic acid groups (broad SMARTS) is 1. The largest absolute Gasteiger partial charge is 0.478 e. The normalized spacial score (nSPS) is 11.0. The summed E-state index contributed by atoms with van der Waals surface area (Å²) in [4.78, 5) is 15.4. The highest BCUT2D eigenvalue weighted by Gasteiger charge is 2.15. The molecular formula is C15H14N4O2. The molecule has 3 aromatic rings. The van der Waals surface area contributed by atoms with Crippen LogP contribution in [-0.2, 0) is 0 Å². The molecule has 1 aromatic carbocycles. The first kappa shape index (κ1) is 13.1. The summed E-state index contributed by atoms with van der Waals surface area (Å²) in [5.74, 6) is -1.01. The smallest absolute Gasteiger partial charge is 0.339 e. The molecule has 3 rings (SSSR count). The molecule has 0 atom stereocenters. The second-order valence-corrected chi connectivity index (χ2v) is 4.98. The first-order valence-corrected chi connectivity index (χ1v) is 6.42. The van der Waals surface area contributed by atoms with Crippen molar-refractivity contribution in [1.82, 2.24) is 14.6 Å². The molecule has 0 spiro atoms. The van der Waals surface area contributed by atoms with E-state index in [9.17, 15) is 9.90 Å². The van der Waals surface area contributed by atoms with Gasteiger partial charge in [-0.25, -0.2) is 9.31 Å². The molecule has 0 radical (unpaired) electrons. The van der Waals surface area contributed by atoms with Crippen LogP contribution in [0.3, 0.4) is 0 Å². The van der Waals surface area contributed by atoms with Crippen molar-refractivity contribution in [3.8, 4) is 11.1 Å². The van der Waals surface area contributed by atoms with Gasteiger partial charge in [-0.3, -0.25) is 0 Å². The monoisotopic (exact) mass is 282 g/mol. The van der Waals surface area contributed by atoms with Crippen LogP contribution in [0.1, 0.15) is 21.5 Å². The predicted molar refractivity (Wildman–Crippen MR) is 79.3 cm³/mol. The number of anilines is 1. The maximum atomic E-state index is 11.4. The van der Waals surface area contributed by atoms with E-state index in [4.69, 9.17) is 5.73 Å². The van der Waals surface area contributed by atoms with E-state index in [1.165, 1.54) is 10.1 Å². The van der Waals surface area contributed by atoms with Gasteiger partial charge in [0.15, 0.2) is 5.65 Å². The lowest BCUT2D eigenvalue weighted by molar-refractivity contribution is 0.0698. The second-order valence-electron chi connectivity index (χ2n) is 4.98. The van der Waals surface area contributed by atoms with Gasteiger partial charge in [0.2, 0.25) is 5.95 Å². The number of nitrogens with zero attached hydrogens (tertiary/aromatic N) is 3. The van der Waals surface area contributed by atoms with E-state index in [0.29, 0.717) is 0 Å². The molecule has 2 aromatic heterocycles. The summed E-state index contributed by atoms with van der Waals surface area (Å²) >= 11 is 0. The topological polar surface area (TPSA) is 93.5 Å². The van der Waals surface area contributed by atoms with E-state index in [0.717, 1.165) is 16.7 Å². The Labute approximate surface area is 120 Å². The number of nitrogen functional groups attached to an aromatic ring is 1. The number of aromatic nitrogens is 3. The summed E-state index contributed by atoms with van der Waals surface area (Å²) < 4.78 is 1.41. The van der Waals surface area contributed by atoms with Crippen molar-refractivity contribution < 1.29 is 9.90 Å². The summed E-state index contributed by atoms with van der Waals surface area (Å²) in [6.45, 7) is 4.05. The van der Waals surface area contributed by atoms with Crippen molar-refractivity contribution in [2.75, 3.05) is 5.73 Å². The van der Waals surface area contributed by atoms with Crippen LogP contribution in [0.4, 0.5) is 5.95 Å². The molecule has 0 aliphatic heterocycles. The highest BCUT2D eigenvalue weighted by molar-refractivity contribution is 5.96. The number of hydrogen-bond acceptors (Lipinski definition) is 4. The van der Waals surface area contributed by atoms with E-state index in [1.807, 2.05) is 32.0 Å². The van der Waals surface area contributed by atoms with Crippen molar-refractivity contribution in [3.63, 3.8) is 0 Å². The lowest BCUT2D eigenvalue weighted by atomic mass is 10.0. The van der Waals surface area contributed by atoms with Crippen LogP contribution < -0.4 is 5.73 Å². The summed E-state index contributed by atoms with van der Waals surface area (Å²) in [7, 11) is 0. The van der Waals surface area contributed by atoms with Crippen LogP contribution in [0.5, 0.6) is 0 Å². The van der Waals surface area contributed by atoms with Gasteiger partial charge >= 0.3 is 5.97 Å². The third-order valence-electron chi connectivity index (χ3n) is 3.52. The number of nitrogens with two attached hydrogens (primary N) is 1. The van der Waals surface area contributed by atoms with Crippen molar-refractivity contribution in [2.24, 2.45) is 0 Å². The van der Waals surface area contributed by atoms with Crippen LogP contribution in [0.15, 0.2) is 30.5 Å². The molecule has 0 amide bonds. The van der Waals surface area contributed by atoms with E-state index < -0.39 is 5.97 Å². The molecule has 0 aliphatic rings. The summed E-state index contributed by atoms with van der Waals surface area (Å²) in [5.41, 5.74) is 9.89.